The van der Waals surface area contributed by atoms with Crippen molar-refractivity contribution >= 4 is 31.9 Å². The molecular weight excluding hydrogens is 362 g/mol. The molecule has 1 fully saturated rings. The van der Waals surface area contributed by atoms with Crippen molar-refractivity contribution in [3.8, 4) is 5.75 Å². The van der Waals surface area contributed by atoms with Crippen LogP contribution in [0.4, 0.5) is 0 Å². The third kappa shape index (κ3) is 3.47. The predicted molar refractivity (Wildman–Crippen MR) is 78.6 cm³/mol. The molecule has 0 heterocycles. The van der Waals surface area contributed by atoms with E-state index in [9.17, 15) is 10.2 Å². The van der Waals surface area contributed by atoms with Crippen LogP contribution in [-0.4, -0.2) is 22.4 Å². The van der Waals surface area contributed by atoms with Crippen molar-refractivity contribution in [2.75, 3.05) is 0 Å². The van der Waals surface area contributed by atoms with Crippen molar-refractivity contribution in [1.29, 1.82) is 0 Å². The molecule has 0 bridgehead atoms. The fourth-order valence-electron chi connectivity index (χ4n) is 2.34. The Kier molecular flexibility index (Phi) is 5.06. The summed E-state index contributed by atoms with van der Waals surface area (Å²) in [4.78, 5) is 0. The summed E-state index contributed by atoms with van der Waals surface area (Å²) in [6.07, 6.45) is 3.73. The number of phenols is 1. The second-order valence-corrected chi connectivity index (χ2v) is 6.40. The van der Waals surface area contributed by atoms with Gasteiger partial charge in [0.25, 0.3) is 0 Å². The number of aliphatic hydroxyl groups is 1. The smallest absolute Gasteiger partial charge is 0.130 e. The molecule has 0 aliphatic heterocycles. The zero-order chi connectivity index (χ0) is 13.1. The van der Waals surface area contributed by atoms with Crippen LogP contribution in [0.15, 0.2) is 21.1 Å². The number of phenolic OH excluding ortho intramolecular Hbond substituents is 1. The summed E-state index contributed by atoms with van der Waals surface area (Å²) in [5, 5.41) is 22.7. The lowest BCUT2D eigenvalue weighted by atomic mass is 9.93. The van der Waals surface area contributed by atoms with Gasteiger partial charge in [0.2, 0.25) is 0 Å². The third-order valence-electron chi connectivity index (χ3n) is 3.38. The molecule has 1 aliphatic carbocycles. The molecule has 1 aromatic carbocycles. The summed E-state index contributed by atoms with van der Waals surface area (Å²) < 4.78 is 1.69. The monoisotopic (exact) mass is 377 g/mol. The maximum absolute atomic E-state index is 9.67. The maximum Gasteiger partial charge on any atom is 0.130 e. The fourth-order valence-corrected chi connectivity index (χ4v) is 3.57. The van der Waals surface area contributed by atoms with Gasteiger partial charge in [-0.2, -0.15) is 0 Å². The summed E-state index contributed by atoms with van der Waals surface area (Å²) in [7, 11) is 0. The molecule has 2 atom stereocenters. The molecule has 1 saturated carbocycles. The number of hydrogen-bond acceptors (Lipinski definition) is 3. The minimum absolute atomic E-state index is 0.174. The molecule has 3 N–H and O–H groups in total. The number of rotatable bonds is 3. The first-order valence-electron chi connectivity index (χ1n) is 6.15. The van der Waals surface area contributed by atoms with Gasteiger partial charge < -0.3 is 15.5 Å². The van der Waals surface area contributed by atoms with E-state index >= 15 is 0 Å². The molecule has 1 aromatic rings. The predicted octanol–water partition coefficient (Wildman–Crippen LogP) is 3.31. The van der Waals surface area contributed by atoms with E-state index in [0.717, 1.165) is 40.2 Å². The molecule has 0 amide bonds. The number of nitrogens with one attached hydrogen (secondary N) is 1. The summed E-state index contributed by atoms with van der Waals surface area (Å²) in [6.45, 7) is 0.674. The minimum atomic E-state index is -0.174. The van der Waals surface area contributed by atoms with E-state index in [2.05, 4.69) is 37.2 Å². The summed E-state index contributed by atoms with van der Waals surface area (Å²) in [5.41, 5.74) is 1.01. The Morgan fingerprint density at radius 2 is 2.06 bits per heavy atom. The van der Waals surface area contributed by atoms with Gasteiger partial charge >= 0.3 is 0 Å². The van der Waals surface area contributed by atoms with Gasteiger partial charge in [-0.05, 0) is 59.3 Å². The molecule has 0 unspecified atom stereocenters. The number of aromatic hydroxyl groups is 1. The van der Waals surface area contributed by atoms with Crippen LogP contribution in [0, 0.1) is 0 Å². The average Bonchev–Trinajstić information content (AvgIpc) is 2.34. The quantitative estimate of drug-likeness (QED) is 0.756. The van der Waals surface area contributed by atoms with Gasteiger partial charge in [0.05, 0.1) is 10.6 Å². The van der Waals surface area contributed by atoms with Crippen LogP contribution in [0.2, 0.25) is 0 Å². The van der Waals surface area contributed by atoms with Crippen LogP contribution in [0.5, 0.6) is 5.75 Å². The first-order valence-corrected chi connectivity index (χ1v) is 7.74. The van der Waals surface area contributed by atoms with E-state index < -0.39 is 0 Å². The zero-order valence-corrected chi connectivity index (χ0v) is 13.2. The highest BCUT2D eigenvalue weighted by atomic mass is 79.9. The number of hydrogen-bond donors (Lipinski definition) is 3. The highest BCUT2D eigenvalue weighted by Gasteiger charge is 2.20. The van der Waals surface area contributed by atoms with Gasteiger partial charge in [-0.25, -0.2) is 0 Å². The van der Waals surface area contributed by atoms with Crippen molar-refractivity contribution in [2.45, 2.75) is 44.4 Å². The Morgan fingerprint density at radius 3 is 2.78 bits per heavy atom. The Balaban J connectivity index is 1.99. The standard InChI is InChI=1S/C13H17Br2NO2/c14-11-4-5-12(18)13(15)10(11)7-16-8-2-1-3-9(17)6-8/h4-5,8-9,16-18H,1-3,6-7H2/t8-,9+/m1/s1. The van der Waals surface area contributed by atoms with Crippen molar-refractivity contribution < 1.29 is 10.2 Å². The lowest BCUT2D eigenvalue weighted by molar-refractivity contribution is 0.111. The lowest BCUT2D eigenvalue weighted by Gasteiger charge is -2.27. The Bertz CT molecular complexity index is 426. The Labute approximate surface area is 124 Å². The van der Waals surface area contributed by atoms with Gasteiger partial charge in [0.1, 0.15) is 5.75 Å². The maximum atomic E-state index is 9.67. The normalized spacial score (nSPS) is 24.2. The molecule has 5 heteroatoms. The largest absolute Gasteiger partial charge is 0.507 e. The molecule has 3 nitrogen and oxygen atoms in total. The van der Waals surface area contributed by atoms with E-state index in [1.165, 1.54) is 0 Å². The van der Waals surface area contributed by atoms with Crippen LogP contribution in [0.3, 0.4) is 0 Å². The number of halogens is 2. The lowest BCUT2D eigenvalue weighted by Crippen LogP contribution is -2.35. The van der Waals surface area contributed by atoms with Gasteiger partial charge in [0, 0.05) is 17.1 Å². The molecule has 18 heavy (non-hydrogen) atoms. The molecule has 2 rings (SSSR count). The van der Waals surface area contributed by atoms with Gasteiger partial charge in [0.15, 0.2) is 0 Å². The third-order valence-corrected chi connectivity index (χ3v) is 5.01. The van der Waals surface area contributed by atoms with E-state index in [-0.39, 0.29) is 11.9 Å². The van der Waals surface area contributed by atoms with E-state index in [1.54, 1.807) is 6.07 Å². The molecule has 100 valence electrons. The molecule has 1 aliphatic rings. The number of benzene rings is 1. The average molecular weight is 379 g/mol. The molecule has 0 saturated heterocycles. The Hall–Kier alpha value is -0.100. The van der Waals surface area contributed by atoms with E-state index in [1.807, 2.05) is 6.07 Å². The van der Waals surface area contributed by atoms with Gasteiger partial charge in [-0.1, -0.05) is 15.9 Å². The molecule has 0 spiro atoms. The van der Waals surface area contributed by atoms with E-state index in [0.29, 0.717) is 12.6 Å². The first-order chi connectivity index (χ1) is 8.58. The van der Waals surface area contributed by atoms with Crippen molar-refractivity contribution in [2.24, 2.45) is 0 Å². The van der Waals surface area contributed by atoms with E-state index in [4.69, 9.17) is 0 Å². The second kappa shape index (κ2) is 6.37. The van der Waals surface area contributed by atoms with Crippen molar-refractivity contribution in [3.63, 3.8) is 0 Å². The van der Waals surface area contributed by atoms with Crippen LogP contribution in [-0.2, 0) is 6.54 Å². The van der Waals surface area contributed by atoms with Crippen molar-refractivity contribution in [1.82, 2.24) is 5.32 Å². The summed E-state index contributed by atoms with van der Waals surface area (Å²) >= 11 is 6.89. The molecular formula is C13H17Br2NO2. The minimum Gasteiger partial charge on any atom is -0.507 e. The topological polar surface area (TPSA) is 52.5 Å². The summed E-state index contributed by atoms with van der Waals surface area (Å²) in [6, 6.07) is 3.85. The highest BCUT2D eigenvalue weighted by molar-refractivity contribution is 9.11. The number of aliphatic hydroxyl groups excluding tert-OH is 1. The first kappa shape index (κ1) is 14.3. The van der Waals surface area contributed by atoms with Crippen molar-refractivity contribution in [3.05, 3.63) is 26.6 Å². The molecule has 0 radical (unpaired) electrons. The fraction of sp³-hybridized carbons (Fsp3) is 0.538. The zero-order valence-electron chi connectivity index (χ0n) is 10.00. The summed E-state index contributed by atoms with van der Waals surface area (Å²) in [5.74, 6) is 0.249. The van der Waals surface area contributed by atoms with Crippen LogP contribution >= 0.6 is 31.9 Å². The Morgan fingerprint density at radius 1 is 1.28 bits per heavy atom. The van der Waals surface area contributed by atoms with Crippen LogP contribution in [0.1, 0.15) is 31.2 Å². The SMILES string of the molecule is Oc1ccc(Br)c(CN[C@@H]2CCC[C@H](O)C2)c1Br. The van der Waals surface area contributed by atoms with Gasteiger partial charge in [-0.15, -0.1) is 0 Å². The highest BCUT2D eigenvalue weighted by Crippen LogP contribution is 2.33. The van der Waals surface area contributed by atoms with Gasteiger partial charge in [-0.3, -0.25) is 0 Å². The van der Waals surface area contributed by atoms with Crippen LogP contribution in [0.25, 0.3) is 0 Å². The van der Waals surface area contributed by atoms with Crippen LogP contribution < -0.4 is 5.32 Å². The molecule has 0 aromatic heterocycles. The second-order valence-electron chi connectivity index (χ2n) is 4.76.